The molecule has 1 aliphatic rings. The Hall–Kier alpha value is -1.63. The first-order chi connectivity index (χ1) is 11.9. The van der Waals surface area contributed by atoms with Gasteiger partial charge in [-0.05, 0) is 34.4 Å². The van der Waals surface area contributed by atoms with Crippen molar-refractivity contribution in [3.8, 4) is 5.75 Å². The number of fused-ring (bicyclic) bond motifs is 1. The Morgan fingerprint density at radius 2 is 1.68 bits per heavy atom. The molecule has 0 bridgehead atoms. The quantitative estimate of drug-likeness (QED) is 0.820. The lowest BCUT2D eigenvalue weighted by atomic mass is 9.97. The Morgan fingerprint density at radius 1 is 1.04 bits per heavy atom. The third-order valence-electron chi connectivity index (χ3n) is 4.97. The number of hydrogen-bond donors (Lipinski definition) is 0. The van der Waals surface area contributed by atoms with Gasteiger partial charge in [-0.2, -0.15) is 4.31 Å². The lowest BCUT2D eigenvalue weighted by Gasteiger charge is -2.34. The van der Waals surface area contributed by atoms with Crippen molar-refractivity contribution in [2.45, 2.75) is 12.8 Å². The van der Waals surface area contributed by atoms with Gasteiger partial charge in [0.25, 0.3) is 0 Å². The van der Waals surface area contributed by atoms with E-state index in [2.05, 4.69) is 36.1 Å². The fourth-order valence-electron chi connectivity index (χ4n) is 3.41. The molecule has 1 fully saturated rings. The second-order valence-corrected chi connectivity index (χ2v) is 8.82. The Labute approximate surface area is 150 Å². The third kappa shape index (κ3) is 4.32. The van der Waals surface area contributed by atoms with Crippen molar-refractivity contribution in [1.82, 2.24) is 9.21 Å². The van der Waals surface area contributed by atoms with E-state index in [1.165, 1.54) is 22.6 Å². The molecule has 2 aromatic carbocycles. The number of benzene rings is 2. The molecule has 2 aromatic rings. The molecule has 3 rings (SSSR count). The van der Waals surface area contributed by atoms with E-state index in [9.17, 15) is 8.42 Å². The van der Waals surface area contributed by atoms with E-state index in [0.29, 0.717) is 19.0 Å². The van der Waals surface area contributed by atoms with Gasteiger partial charge in [0.2, 0.25) is 10.0 Å². The molecule has 5 nitrogen and oxygen atoms in total. The van der Waals surface area contributed by atoms with Crippen molar-refractivity contribution in [2.75, 3.05) is 46.1 Å². The lowest BCUT2D eigenvalue weighted by molar-refractivity contribution is 0.182. The predicted octanol–water partition coefficient (Wildman–Crippen LogP) is 2.53. The van der Waals surface area contributed by atoms with Crippen LogP contribution in [0.5, 0.6) is 5.75 Å². The summed E-state index contributed by atoms with van der Waals surface area (Å²) in [6.45, 7) is 5.93. The molecule has 0 amide bonds. The van der Waals surface area contributed by atoms with Crippen LogP contribution in [0.25, 0.3) is 10.8 Å². The Balaban J connectivity index is 1.65. The second kappa shape index (κ2) is 7.32. The maximum atomic E-state index is 11.6. The van der Waals surface area contributed by atoms with Crippen LogP contribution in [0, 0.1) is 0 Å². The summed E-state index contributed by atoms with van der Waals surface area (Å²) in [5.41, 5.74) is 1.31. The van der Waals surface area contributed by atoms with Crippen LogP contribution in [-0.4, -0.2) is 63.7 Å². The van der Waals surface area contributed by atoms with E-state index in [-0.39, 0.29) is 0 Å². The van der Waals surface area contributed by atoms with Crippen LogP contribution < -0.4 is 4.74 Å². The molecule has 6 heteroatoms. The zero-order valence-electron chi connectivity index (χ0n) is 15.1. The first-order valence-corrected chi connectivity index (χ1v) is 10.5. The van der Waals surface area contributed by atoms with E-state index in [1.807, 2.05) is 12.1 Å². The molecule has 136 valence electrons. The fourth-order valence-corrected chi connectivity index (χ4v) is 4.24. The van der Waals surface area contributed by atoms with E-state index in [4.69, 9.17) is 4.74 Å². The van der Waals surface area contributed by atoms with Crippen LogP contribution in [0.2, 0.25) is 0 Å². The minimum absolute atomic E-state index is 0.399. The molecule has 0 aliphatic carbocycles. The van der Waals surface area contributed by atoms with Crippen LogP contribution in [0.15, 0.2) is 36.4 Å². The van der Waals surface area contributed by atoms with Crippen LogP contribution in [0.4, 0.5) is 0 Å². The standard InChI is InChI=1S/C19H26N2O3S/c1-15(14-20-8-10-21(11-9-20)25(3,22)23)16-4-5-18-13-19(24-2)7-6-17(18)12-16/h4-7,12-13,15H,8-11,14H2,1-3H3. The van der Waals surface area contributed by atoms with Gasteiger partial charge in [0, 0.05) is 32.7 Å². The van der Waals surface area contributed by atoms with Crippen molar-refractivity contribution >= 4 is 20.8 Å². The largest absolute Gasteiger partial charge is 0.497 e. The van der Waals surface area contributed by atoms with Gasteiger partial charge in [-0.1, -0.05) is 31.2 Å². The van der Waals surface area contributed by atoms with Gasteiger partial charge in [-0.25, -0.2) is 8.42 Å². The van der Waals surface area contributed by atoms with Crippen LogP contribution in [0.3, 0.4) is 0 Å². The predicted molar refractivity (Wildman–Crippen MR) is 102 cm³/mol. The Bertz CT molecular complexity index is 843. The summed E-state index contributed by atoms with van der Waals surface area (Å²) in [4.78, 5) is 2.35. The number of piperazine rings is 1. The molecule has 0 N–H and O–H groups in total. The molecule has 1 saturated heterocycles. The first-order valence-electron chi connectivity index (χ1n) is 8.62. The average Bonchev–Trinajstić information content (AvgIpc) is 2.60. The summed E-state index contributed by atoms with van der Waals surface area (Å²) < 4.78 is 30.1. The Morgan fingerprint density at radius 3 is 2.32 bits per heavy atom. The minimum Gasteiger partial charge on any atom is -0.497 e. The maximum Gasteiger partial charge on any atom is 0.211 e. The first kappa shape index (κ1) is 18.2. The molecule has 1 atom stereocenters. The molecule has 0 spiro atoms. The van der Waals surface area contributed by atoms with Crippen molar-refractivity contribution in [3.63, 3.8) is 0 Å². The number of methoxy groups -OCH3 is 1. The molecular weight excluding hydrogens is 336 g/mol. The summed E-state index contributed by atoms with van der Waals surface area (Å²) >= 11 is 0. The van der Waals surface area contributed by atoms with Gasteiger partial charge in [0.1, 0.15) is 5.75 Å². The van der Waals surface area contributed by atoms with Gasteiger partial charge >= 0.3 is 0 Å². The highest BCUT2D eigenvalue weighted by Crippen LogP contribution is 2.26. The van der Waals surface area contributed by atoms with E-state index in [0.717, 1.165) is 25.4 Å². The molecule has 1 aliphatic heterocycles. The highest BCUT2D eigenvalue weighted by Gasteiger charge is 2.24. The summed E-state index contributed by atoms with van der Waals surface area (Å²) in [7, 11) is -1.38. The number of rotatable bonds is 5. The summed E-state index contributed by atoms with van der Waals surface area (Å²) in [5, 5.41) is 2.39. The van der Waals surface area contributed by atoms with Crippen molar-refractivity contribution in [1.29, 1.82) is 0 Å². The molecular formula is C19H26N2O3S. The number of nitrogens with zero attached hydrogens (tertiary/aromatic N) is 2. The highest BCUT2D eigenvalue weighted by molar-refractivity contribution is 7.88. The average molecular weight is 362 g/mol. The zero-order valence-corrected chi connectivity index (χ0v) is 15.9. The minimum atomic E-state index is -3.06. The monoisotopic (exact) mass is 362 g/mol. The van der Waals surface area contributed by atoms with E-state index < -0.39 is 10.0 Å². The van der Waals surface area contributed by atoms with Crippen molar-refractivity contribution in [3.05, 3.63) is 42.0 Å². The van der Waals surface area contributed by atoms with E-state index >= 15 is 0 Å². The van der Waals surface area contributed by atoms with Crippen molar-refractivity contribution in [2.24, 2.45) is 0 Å². The smallest absolute Gasteiger partial charge is 0.211 e. The van der Waals surface area contributed by atoms with Gasteiger partial charge in [0.15, 0.2) is 0 Å². The Kier molecular flexibility index (Phi) is 5.32. The van der Waals surface area contributed by atoms with Gasteiger partial charge in [-0.3, -0.25) is 0 Å². The number of hydrogen-bond acceptors (Lipinski definition) is 4. The van der Waals surface area contributed by atoms with E-state index in [1.54, 1.807) is 11.4 Å². The molecule has 0 saturated carbocycles. The molecule has 0 aromatic heterocycles. The molecule has 25 heavy (non-hydrogen) atoms. The van der Waals surface area contributed by atoms with Crippen LogP contribution >= 0.6 is 0 Å². The second-order valence-electron chi connectivity index (χ2n) is 6.84. The topological polar surface area (TPSA) is 49.9 Å². The van der Waals surface area contributed by atoms with Crippen LogP contribution in [-0.2, 0) is 10.0 Å². The van der Waals surface area contributed by atoms with Gasteiger partial charge in [-0.15, -0.1) is 0 Å². The lowest BCUT2D eigenvalue weighted by Crippen LogP contribution is -2.49. The van der Waals surface area contributed by atoms with Crippen LogP contribution in [0.1, 0.15) is 18.4 Å². The van der Waals surface area contributed by atoms with Gasteiger partial charge in [0.05, 0.1) is 13.4 Å². The summed E-state index contributed by atoms with van der Waals surface area (Å²) in [6.07, 6.45) is 1.29. The zero-order chi connectivity index (χ0) is 18.0. The molecule has 1 heterocycles. The SMILES string of the molecule is COc1ccc2cc(C(C)CN3CCN(S(C)(=O)=O)CC3)ccc2c1. The summed E-state index contributed by atoms with van der Waals surface area (Å²) in [6, 6.07) is 12.7. The molecule has 0 radical (unpaired) electrons. The third-order valence-corrected chi connectivity index (χ3v) is 6.28. The number of ether oxygens (including phenoxy) is 1. The fraction of sp³-hybridized carbons (Fsp3) is 0.474. The molecule has 1 unspecified atom stereocenters. The maximum absolute atomic E-state index is 11.6. The van der Waals surface area contributed by atoms with Crippen molar-refractivity contribution < 1.29 is 13.2 Å². The normalized spacial score (nSPS) is 18.4. The van der Waals surface area contributed by atoms with Gasteiger partial charge < -0.3 is 9.64 Å². The number of sulfonamides is 1. The highest BCUT2D eigenvalue weighted by atomic mass is 32.2. The summed E-state index contributed by atoms with van der Waals surface area (Å²) in [5.74, 6) is 1.27.